The van der Waals surface area contributed by atoms with Crippen LogP contribution in [-0.2, 0) is 0 Å². The zero-order valence-corrected chi connectivity index (χ0v) is 27.2. The Bertz CT molecular complexity index is 2870. The van der Waals surface area contributed by atoms with E-state index in [4.69, 9.17) is 19.4 Å². The van der Waals surface area contributed by atoms with E-state index in [1.807, 2.05) is 121 Å². The zero-order chi connectivity index (χ0) is 33.9. The Morgan fingerprint density at radius 2 is 1.04 bits per heavy atom. The summed E-state index contributed by atoms with van der Waals surface area (Å²) in [5, 5.41) is 4.21. The first-order valence-corrected chi connectivity index (χ1v) is 16.8. The fourth-order valence-electron chi connectivity index (χ4n) is 7.18. The molecular formula is C45H27FN4O. The number of hydrogen-bond donors (Lipinski definition) is 0. The Kier molecular flexibility index (Phi) is 6.61. The van der Waals surface area contributed by atoms with Crippen molar-refractivity contribution in [1.29, 1.82) is 0 Å². The van der Waals surface area contributed by atoms with E-state index in [0.29, 0.717) is 28.6 Å². The average Bonchev–Trinajstić information content (AvgIpc) is 3.74. The summed E-state index contributed by atoms with van der Waals surface area (Å²) in [5.74, 6) is 1.29. The van der Waals surface area contributed by atoms with Crippen LogP contribution >= 0.6 is 0 Å². The predicted octanol–water partition coefficient (Wildman–Crippen LogP) is 11.7. The first kappa shape index (κ1) is 29.0. The van der Waals surface area contributed by atoms with Gasteiger partial charge in [-0.05, 0) is 42.5 Å². The van der Waals surface area contributed by atoms with Crippen molar-refractivity contribution in [1.82, 2.24) is 19.5 Å². The molecule has 0 amide bonds. The Hall–Kier alpha value is -6.92. The van der Waals surface area contributed by atoms with Crippen LogP contribution in [0.15, 0.2) is 168 Å². The second kappa shape index (κ2) is 11.6. The number of rotatable bonds is 5. The molecule has 0 atom stereocenters. The monoisotopic (exact) mass is 658 g/mol. The van der Waals surface area contributed by atoms with Crippen molar-refractivity contribution in [2.45, 2.75) is 0 Å². The first-order chi connectivity index (χ1) is 25.2. The van der Waals surface area contributed by atoms with E-state index >= 15 is 4.39 Å². The van der Waals surface area contributed by atoms with Crippen LogP contribution in [0.3, 0.4) is 0 Å². The molecule has 0 radical (unpaired) electrons. The lowest BCUT2D eigenvalue weighted by molar-refractivity contribution is 0.631. The number of para-hydroxylation sites is 2. The highest BCUT2D eigenvalue weighted by Crippen LogP contribution is 2.43. The first-order valence-electron chi connectivity index (χ1n) is 16.8. The van der Waals surface area contributed by atoms with Gasteiger partial charge in [0.1, 0.15) is 11.4 Å². The molecule has 10 rings (SSSR count). The number of nitrogens with zero attached hydrogens (tertiary/aromatic N) is 4. The fraction of sp³-hybridized carbons (Fsp3) is 0. The maximum Gasteiger partial charge on any atom is 0.164 e. The molecule has 0 unspecified atom stereocenters. The zero-order valence-electron chi connectivity index (χ0n) is 27.2. The quantitative estimate of drug-likeness (QED) is 0.185. The van der Waals surface area contributed by atoms with E-state index in [1.165, 1.54) is 6.07 Å². The van der Waals surface area contributed by atoms with Gasteiger partial charge in [0.25, 0.3) is 0 Å². The molecule has 0 aliphatic heterocycles. The van der Waals surface area contributed by atoms with Gasteiger partial charge >= 0.3 is 0 Å². The summed E-state index contributed by atoms with van der Waals surface area (Å²) in [4.78, 5) is 14.8. The maximum absolute atomic E-state index is 16.0. The molecule has 51 heavy (non-hydrogen) atoms. The Morgan fingerprint density at radius 1 is 0.451 bits per heavy atom. The molecular weight excluding hydrogens is 632 g/mol. The van der Waals surface area contributed by atoms with E-state index in [1.54, 1.807) is 6.07 Å². The lowest BCUT2D eigenvalue weighted by atomic mass is 9.99. The smallest absolute Gasteiger partial charge is 0.164 e. The van der Waals surface area contributed by atoms with Gasteiger partial charge in [0.2, 0.25) is 0 Å². The van der Waals surface area contributed by atoms with Crippen LogP contribution in [-0.4, -0.2) is 19.5 Å². The molecule has 240 valence electrons. The molecule has 7 aromatic carbocycles. The van der Waals surface area contributed by atoms with E-state index in [9.17, 15) is 0 Å². The molecule has 3 aromatic heterocycles. The topological polar surface area (TPSA) is 56.7 Å². The lowest BCUT2D eigenvalue weighted by Crippen LogP contribution is -2.02. The third-order valence-electron chi connectivity index (χ3n) is 9.54. The molecule has 0 N–H and O–H groups in total. The SMILES string of the molecule is Fc1ccccc1-c1cc(-c2nc(-c3ccccc3)nc(-c3ccccc3)n2)ccc1-n1c2ccccc2c2ccc3c4ccccc4oc3c21. The van der Waals surface area contributed by atoms with Gasteiger partial charge in [-0.1, -0.05) is 121 Å². The average molecular weight is 659 g/mol. The van der Waals surface area contributed by atoms with Gasteiger partial charge in [-0.3, -0.25) is 0 Å². The molecule has 6 heteroatoms. The van der Waals surface area contributed by atoms with Gasteiger partial charge in [-0.15, -0.1) is 0 Å². The molecule has 0 aliphatic rings. The summed E-state index contributed by atoms with van der Waals surface area (Å²) in [6, 6.07) is 53.4. The molecule has 5 nitrogen and oxygen atoms in total. The van der Waals surface area contributed by atoms with Crippen molar-refractivity contribution in [2.24, 2.45) is 0 Å². The number of fused-ring (bicyclic) bond motifs is 7. The van der Waals surface area contributed by atoms with Crippen LogP contribution < -0.4 is 0 Å². The maximum atomic E-state index is 16.0. The van der Waals surface area contributed by atoms with Crippen molar-refractivity contribution in [3.05, 3.63) is 170 Å². The Morgan fingerprint density at radius 3 is 1.76 bits per heavy atom. The molecule has 0 fully saturated rings. The number of aromatic nitrogens is 4. The van der Waals surface area contributed by atoms with Crippen molar-refractivity contribution in [3.63, 3.8) is 0 Å². The van der Waals surface area contributed by atoms with Crippen LogP contribution in [0, 0.1) is 5.82 Å². The lowest BCUT2D eigenvalue weighted by Gasteiger charge is -2.16. The van der Waals surface area contributed by atoms with Crippen molar-refractivity contribution < 1.29 is 8.81 Å². The van der Waals surface area contributed by atoms with Crippen LogP contribution in [0.1, 0.15) is 0 Å². The predicted molar refractivity (Wildman–Crippen MR) is 203 cm³/mol. The van der Waals surface area contributed by atoms with Crippen LogP contribution in [0.25, 0.3) is 94.7 Å². The normalized spacial score (nSPS) is 11.6. The second-order valence-corrected chi connectivity index (χ2v) is 12.5. The fourth-order valence-corrected chi connectivity index (χ4v) is 7.18. The molecule has 0 saturated carbocycles. The second-order valence-electron chi connectivity index (χ2n) is 12.5. The van der Waals surface area contributed by atoms with Gasteiger partial charge in [-0.2, -0.15) is 0 Å². The largest absolute Gasteiger partial charge is 0.454 e. The van der Waals surface area contributed by atoms with Crippen molar-refractivity contribution in [3.8, 4) is 51.0 Å². The molecule has 0 bridgehead atoms. The van der Waals surface area contributed by atoms with Gasteiger partial charge in [-0.25, -0.2) is 19.3 Å². The van der Waals surface area contributed by atoms with Crippen LogP contribution in [0.5, 0.6) is 0 Å². The van der Waals surface area contributed by atoms with E-state index in [2.05, 4.69) is 34.9 Å². The van der Waals surface area contributed by atoms with E-state index in [-0.39, 0.29) is 5.82 Å². The number of halogens is 1. The minimum absolute atomic E-state index is 0.323. The standard InChI is InChI=1S/C45H27FN4O/c46-37-20-10-7-17-31(37)36-27-30(45-48-43(28-13-3-1-4-14-28)47-44(49-45)29-15-5-2-6-16-29)23-26-39(36)50-38-21-11-8-18-32(38)34-24-25-35-33-19-9-12-22-40(33)51-42(35)41(34)50/h1-27H. The minimum atomic E-state index is -0.323. The molecule has 0 spiro atoms. The summed E-state index contributed by atoms with van der Waals surface area (Å²) in [5.41, 5.74) is 7.99. The molecule has 0 aliphatic carbocycles. The van der Waals surface area contributed by atoms with Gasteiger partial charge < -0.3 is 8.98 Å². The summed E-state index contributed by atoms with van der Waals surface area (Å²) >= 11 is 0. The summed E-state index contributed by atoms with van der Waals surface area (Å²) in [6.07, 6.45) is 0. The molecule has 10 aromatic rings. The number of hydrogen-bond acceptors (Lipinski definition) is 4. The summed E-state index contributed by atoms with van der Waals surface area (Å²) < 4.78 is 24.8. The highest BCUT2D eigenvalue weighted by molar-refractivity contribution is 6.21. The van der Waals surface area contributed by atoms with Gasteiger partial charge in [0.15, 0.2) is 23.1 Å². The Balaban J connectivity index is 1.28. The number of benzene rings is 7. The highest BCUT2D eigenvalue weighted by Gasteiger charge is 2.23. The Labute approximate surface area is 291 Å². The molecule has 0 saturated heterocycles. The number of furan rings is 1. The minimum Gasteiger partial charge on any atom is -0.454 e. The third-order valence-corrected chi connectivity index (χ3v) is 9.54. The highest BCUT2D eigenvalue weighted by atomic mass is 19.1. The van der Waals surface area contributed by atoms with Crippen molar-refractivity contribution >= 4 is 43.7 Å². The van der Waals surface area contributed by atoms with Crippen LogP contribution in [0.4, 0.5) is 4.39 Å². The summed E-state index contributed by atoms with van der Waals surface area (Å²) in [7, 11) is 0. The van der Waals surface area contributed by atoms with E-state index in [0.717, 1.165) is 66.1 Å². The molecule has 3 heterocycles. The summed E-state index contributed by atoms with van der Waals surface area (Å²) in [6.45, 7) is 0. The van der Waals surface area contributed by atoms with Gasteiger partial charge in [0, 0.05) is 49.4 Å². The third kappa shape index (κ3) is 4.72. The van der Waals surface area contributed by atoms with Gasteiger partial charge in [0.05, 0.1) is 16.7 Å². The van der Waals surface area contributed by atoms with E-state index < -0.39 is 0 Å². The van der Waals surface area contributed by atoms with Crippen LogP contribution in [0.2, 0.25) is 0 Å². The van der Waals surface area contributed by atoms with Crippen molar-refractivity contribution in [2.75, 3.05) is 0 Å².